The van der Waals surface area contributed by atoms with Crippen LogP contribution in [0.1, 0.15) is 28.7 Å². The average Bonchev–Trinajstić information content (AvgIpc) is 3.47. The van der Waals surface area contributed by atoms with Gasteiger partial charge >= 0.3 is 0 Å². The van der Waals surface area contributed by atoms with Gasteiger partial charge < -0.3 is 29.6 Å². The van der Waals surface area contributed by atoms with E-state index in [4.69, 9.17) is 19.2 Å². The molecule has 0 spiro atoms. The van der Waals surface area contributed by atoms with Crippen LogP contribution >= 0.6 is 0 Å². The summed E-state index contributed by atoms with van der Waals surface area (Å²) in [6.07, 6.45) is -0.605. The Hall–Kier alpha value is -4.03. The minimum absolute atomic E-state index is 0.185. The predicted octanol–water partition coefficient (Wildman–Crippen LogP) is 2.35. The lowest BCUT2D eigenvalue weighted by molar-refractivity contribution is 0.108. The van der Waals surface area contributed by atoms with Gasteiger partial charge in [-0.1, -0.05) is 17.3 Å². The largest absolute Gasteiger partial charge is 0.491 e. The maximum Gasteiger partial charge on any atom is 0.162 e. The Morgan fingerprint density at radius 2 is 1.75 bits per heavy atom. The van der Waals surface area contributed by atoms with Gasteiger partial charge in [0, 0.05) is 30.8 Å². The highest BCUT2D eigenvalue weighted by molar-refractivity contribution is 5.75. The first-order valence-electron chi connectivity index (χ1n) is 13.5. The van der Waals surface area contributed by atoms with E-state index in [1.54, 1.807) is 7.05 Å². The van der Waals surface area contributed by atoms with Gasteiger partial charge in [-0.25, -0.2) is 14.6 Å². The number of anilines is 1. The number of aliphatic hydroxyl groups excluding tert-OH is 1. The zero-order valence-corrected chi connectivity index (χ0v) is 24.0. The molecule has 3 aromatic heterocycles. The molecule has 1 saturated heterocycles. The molecule has 0 aliphatic carbocycles. The number of nitrogens with zero attached hydrogens (tertiary/aromatic N) is 8. The van der Waals surface area contributed by atoms with Crippen molar-refractivity contribution in [3.63, 3.8) is 0 Å². The van der Waals surface area contributed by atoms with E-state index in [9.17, 15) is 5.11 Å². The van der Waals surface area contributed by atoms with Crippen LogP contribution in [0.3, 0.4) is 0 Å². The Bertz CT molecular complexity index is 1430. The van der Waals surface area contributed by atoms with Crippen molar-refractivity contribution >= 4 is 5.82 Å². The Kier molecular flexibility index (Phi) is 7.99. The van der Waals surface area contributed by atoms with E-state index in [2.05, 4.69) is 42.2 Å². The maximum atomic E-state index is 10.1. The first-order chi connectivity index (χ1) is 19.3. The Morgan fingerprint density at radius 3 is 2.40 bits per heavy atom. The highest BCUT2D eigenvalue weighted by atomic mass is 16.5. The number of benzene rings is 1. The van der Waals surface area contributed by atoms with Crippen molar-refractivity contribution in [2.45, 2.75) is 40.7 Å². The van der Waals surface area contributed by atoms with Crippen LogP contribution in [0.15, 0.2) is 28.8 Å². The van der Waals surface area contributed by atoms with Gasteiger partial charge in [0.2, 0.25) is 0 Å². The Labute approximate surface area is 234 Å². The highest BCUT2D eigenvalue weighted by Gasteiger charge is 2.26. The van der Waals surface area contributed by atoms with Crippen molar-refractivity contribution in [2.24, 2.45) is 0 Å². The van der Waals surface area contributed by atoms with E-state index in [1.807, 2.05) is 52.0 Å². The van der Waals surface area contributed by atoms with Crippen molar-refractivity contribution < 1.29 is 14.4 Å². The molecular formula is C28H37N9O3. The molecule has 4 aromatic rings. The van der Waals surface area contributed by atoms with Crippen molar-refractivity contribution in [2.75, 3.05) is 56.3 Å². The summed E-state index contributed by atoms with van der Waals surface area (Å²) in [6.45, 7) is 13.6. The molecule has 1 fully saturated rings. The van der Waals surface area contributed by atoms with E-state index in [1.165, 1.54) is 0 Å². The van der Waals surface area contributed by atoms with Crippen molar-refractivity contribution in [1.29, 1.82) is 0 Å². The first kappa shape index (κ1) is 27.5. The van der Waals surface area contributed by atoms with E-state index in [0.29, 0.717) is 18.1 Å². The average molecular weight is 548 g/mol. The highest BCUT2D eigenvalue weighted by Crippen LogP contribution is 2.35. The van der Waals surface area contributed by atoms with E-state index < -0.39 is 6.10 Å². The molecule has 2 N–H and O–H groups in total. The predicted molar refractivity (Wildman–Crippen MR) is 152 cm³/mol. The number of aromatic nitrogens is 6. The third kappa shape index (κ3) is 5.50. The molecule has 40 heavy (non-hydrogen) atoms. The van der Waals surface area contributed by atoms with Crippen LogP contribution in [0.4, 0.5) is 5.82 Å². The molecule has 1 atom stereocenters. The summed E-state index contributed by atoms with van der Waals surface area (Å²) in [5.41, 5.74) is 4.28. The smallest absolute Gasteiger partial charge is 0.162 e. The molecule has 0 saturated carbocycles. The second kappa shape index (κ2) is 11.6. The topological polar surface area (TPSA) is 130 Å². The fourth-order valence-electron chi connectivity index (χ4n) is 5.20. The number of aryl methyl sites for hydroxylation is 4. The molecule has 0 amide bonds. The summed E-state index contributed by atoms with van der Waals surface area (Å²) in [5.74, 6) is 4.60. The number of hydrogen-bond acceptors (Lipinski definition) is 11. The number of aliphatic hydroxyl groups is 1. The van der Waals surface area contributed by atoms with Gasteiger partial charge in [-0.2, -0.15) is 0 Å². The summed E-state index contributed by atoms with van der Waals surface area (Å²) in [4.78, 5) is 12.4. The van der Waals surface area contributed by atoms with Crippen LogP contribution in [0.5, 0.6) is 5.75 Å². The van der Waals surface area contributed by atoms with E-state index >= 15 is 0 Å². The lowest BCUT2D eigenvalue weighted by Gasteiger charge is -2.38. The second-order valence-electron chi connectivity index (χ2n) is 10.1. The van der Waals surface area contributed by atoms with Gasteiger partial charge in [0.1, 0.15) is 41.7 Å². The first-order valence-corrected chi connectivity index (χ1v) is 13.5. The molecule has 0 bridgehead atoms. The zero-order chi connectivity index (χ0) is 28.4. The van der Waals surface area contributed by atoms with E-state index in [-0.39, 0.29) is 6.61 Å². The Balaban J connectivity index is 1.49. The quantitative estimate of drug-likeness (QED) is 0.320. The van der Waals surface area contributed by atoms with Crippen LogP contribution in [0, 0.1) is 34.6 Å². The van der Waals surface area contributed by atoms with Gasteiger partial charge in [0.15, 0.2) is 5.82 Å². The molecule has 1 aliphatic heterocycles. The Morgan fingerprint density at radius 1 is 1.02 bits per heavy atom. The molecule has 212 valence electrons. The number of piperazine rings is 1. The van der Waals surface area contributed by atoms with Crippen LogP contribution < -0.4 is 20.0 Å². The van der Waals surface area contributed by atoms with Gasteiger partial charge in [0.25, 0.3) is 0 Å². The maximum absolute atomic E-state index is 10.1. The van der Waals surface area contributed by atoms with Crippen LogP contribution in [0.25, 0.3) is 22.6 Å². The monoisotopic (exact) mass is 547 g/mol. The molecule has 12 heteroatoms. The van der Waals surface area contributed by atoms with Gasteiger partial charge in [0.05, 0.1) is 30.0 Å². The minimum Gasteiger partial charge on any atom is -0.491 e. The van der Waals surface area contributed by atoms with E-state index in [0.717, 1.165) is 77.5 Å². The van der Waals surface area contributed by atoms with Gasteiger partial charge in [-0.15, -0.1) is 10.2 Å². The fraction of sp³-hybridized carbons (Fsp3) is 0.464. The summed E-state index contributed by atoms with van der Waals surface area (Å²) < 4.78 is 13.5. The molecular weight excluding hydrogens is 510 g/mol. The molecule has 4 heterocycles. The number of rotatable bonds is 9. The summed E-state index contributed by atoms with van der Waals surface area (Å²) in [7, 11) is 1.80. The molecule has 0 radical (unpaired) electrons. The van der Waals surface area contributed by atoms with Crippen molar-refractivity contribution in [3.05, 3.63) is 52.9 Å². The summed E-state index contributed by atoms with van der Waals surface area (Å²) in [5, 5.41) is 27.9. The third-order valence-corrected chi connectivity index (χ3v) is 7.16. The lowest BCUT2D eigenvalue weighted by Crippen LogP contribution is -2.52. The molecule has 5 rings (SSSR count). The number of nitrogens with one attached hydrogen (secondary N) is 1. The minimum atomic E-state index is -0.605. The fourth-order valence-corrected chi connectivity index (χ4v) is 5.20. The molecule has 1 aliphatic rings. The second-order valence-corrected chi connectivity index (χ2v) is 10.1. The summed E-state index contributed by atoms with van der Waals surface area (Å²) in [6, 6.07) is 7.66. The normalized spacial score (nSPS) is 14.6. The van der Waals surface area contributed by atoms with Gasteiger partial charge in [-0.3, -0.25) is 0 Å². The lowest BCUT2D eigenvalue weighted by atomic mass is 10.0. The van der Waals surface area contributed by atoms with Crippen molar-refractivity contribution in [3.8, 4) is 28.4 Å². The third-order valence-electron chi connectivity index (χ3n) is 7.16. The number of hydrogen-bond donors (Lipinski definition) is 2. The SMILES string of the molecule is CNCC(O)COc1cccc(-c2nc(-c3c(C)noc3C)c(C)c(N3CCN(n4c(C)nnc4C)CC3)n2)c1. The van der Waals surface area contributed by atoms with Crippen LogP contribution in [0.2, 0.25) is 0 Å². The van der Waals surface area contributed by atoms with Gasteiger partial charge in [-0.05, 0) is 53.8 Å². The molecule has 1 aromatic carbocycles. The standard InChI is InChI=1S/C28H37N9O3/c1-17-26(25-18(2)34-40-19(25)3)30-27(22-8-7-9-24(14-22)39-16-23(38)15-29-6)31-28(17)35-10-12-36(13-11-35)37-20(4)32-33-21(37)5/h7-9,14,23,29,38H,10-13,15-16H2,1-6H3. The van der Waals surface area contributed by atoms with Crippen molar-refractivity contribution in [1.82, 2.24) is 35.3 Å². The van der Waals surface area contributed by atoms with Crippen LogP contribution in [-0.2, 0) is 0 Å². The zero-order valence-electron chi connectivity index (χ0n) is 24.0. The number of likely N-dealkylation sites (N-methyl/N-ethyl adjacent to an activating group) is 1. The van der Waals surface area contributed by atoms with Crippen LogP contribution in [-0.4, -0.2) is 87.6 Å². The number of ether oxygens (including phenoxy) is 1. The molecule has 1 unspecified atom stereocenters. The molecule has 12 nitrogen and oxygen atoms in total. The summed E-state index contributed by atoms with van der Waals surface area (Å²) >= 11 is 0.